The highest BCUT2D eigenvalue weighted by atomic mass is 19.1. The molecule has 0 spiro atoms. The maximum Gasteiger partial charge on any atom is 0.222 e. The molecule has 2 amide bonds. The molecule has 0 aliphatic carbocycles. The number of hydrogen-bond donors (Lipinski definition) is 2. The van der Waals surface area contributed by atoms with Crippen molar-refractivity contribution in [2.45, 2.75) is 32.2 Å². The van der Waals surface area contributed by atoms with Crippen molar-refractivity contribution in [3.05, 3.63) is 66.0 Å². The zero-order valence-corrected chi connectivity index (χ0v) is 15.4. The van der Waals surface area contributed by atoms with Crippen molar-refractivity contribution in [2.75, 3.05) is 13.2 Å². The fourth-order valence-corrected chi connectivity index (χ4v) is 2.62. The third-order valence-electron chi connectivity index (χ3n) is 3.94. The van der Waals surface area contributed by atoms with Crippen molar-refractivity contribution in [3.63, 3.8) is 0 Å². The normalized spacial score (nSPS) is 11.5. The summed E-state index contributed by atoms with van der Waals surface area (Å²) >= 11 is 0. The van der Waals surface area contributed by atoms with E-state index in [0.717, 1.165) is 18.4 Å². The van der Waals surface area contributed by atoms with Crippen LogP contribution in [0.2, 0.25) is 0 Å². The van der Waals surface area contributed by atoms with Gasteiger partial charge in [0.15, 0.2) is 0 Å². The summed E-state index contributed by atoms with van der Waals surface area (Å²) in [5.74, 6) is 0.0474. The van der Waals surface area contributed by atoms with Gasteiger partial charge in [-0.25, -0.2) is 4.39 Å². The van der Waals surface area contributed by atoms with Gasteiger partial charge < -0.3 is 15.4 Å². The van der Waals surface area contributed by atoms with Crippen molar-refractivity contribution in [3.8, 4) is 5.75 Å². The Morgan fingerprint density at radius 1 is 1.04 bits per heavy atom. The van der Waals surface area contributed by atoms with Crippen LogP contribution in [-0.4, -0.2) is 25.0 Å². The molecule has 0 radical (unpaired) electrons. The molecule has 6 heteroatoms. The van der Waals surface area contributed by atoms with E-state index in [1.165, 1.54) is 19.1 Å². The number of amides is 2. The Labute approximate surface area is 158 Å². The molecule has 2 aromatic rings. The number of benzene rings is 2. The van der Waals surface area contributed by atoms with Gasteiger partial charge in [0.1, 0.15) is 11.6 Å². The summed E-state index contributed by atoms with van der Waals surface area (Å²) in [7, 11) is 0. The minimum atomic E-state index is -0.342. The van der Waals surface area contributed by atoms with Crippen LogP contribution in [0.25, 0.3) is 0 Å². The third-order valence-corrected chi connectivity index (χ3v) is 3.94. The summed E-state index contributed by atoms with van der Waals surface area (Å²) in [5.41, 5.74) is 0.899. The Morgan fingerprint density at radius 3 is 2.41 bits per heavy atom. The highest BCUT2D eigenvalue weighted by molar-refractivity contribution is 5.79. The molecule has 2 aromatic carbocycles. The first kappa shape index (κ1) is 20.4. The largest absolute Gasteiger partial charge is 0.494 e. The number of carbonyl (C=O) groups is 2. The highest BCUT2D eigenvalue weighted by Crippen LogP contribution is 2.16. The molecule has 0 saturated heterocycles. The number of halogens is 1. The fourth-order valence-electron chi connectivity index (χ4n) is 2.62. The van der Waals surface area contributed by atoms with Gasteiger partial charge >= 0.3 is 0 Å². The van der Waals surface area contributed by atoms with Gasteiger partial charge in [-0.3, -0.25) is 9.59 Å². The van der Waals surface area contributed by atoms with Gasteiger partial charge in [0, 0.05) is 13.5 Å². The summed E-state index contributed by atoms with van der Waals surface area (Å²) in [6, 6.07) is 15.0. The van der Waals surface area contributed by atoms with Crippen LogP contribution in [-0.2, 0) is 9.59 Å². The first-order valence-corrected chi connectivity index (χ1v) is 9.01. The lowest BCUT2D eigenvalue weighted by atomic mass is 10.0. The Balaban J connectivity index is 1.66. The Bertz CT molecular complexity index is 720. The summed E-state index contributed by atoms with van der Waals surface area (Å²) in [6.07, 6.45) is 1.73. The van der Waals surface area contributed by atoms with E-state index in [9.17, 15) is 14.0 Å². The summed E-state index contributed by atoms with van der Waals surface area (Å²) < 4.78 is 18.3. The molecule has 0 saturated carbocycles. The molecular weight excluding hydrogens is 347 g/mol. The molecule has 144 valence electrons. The van der Waals surface area contributed by atoms with Gasteiger partial charge in [-0.15, -0.1) is 0 Å². The lowest BCUT2D eigenvalue weighted by Crippen LogP contribution is -2.33. The maximum absolute atomic E-state index is 12.8. The van der Waals surface area contributed by atoms with Crippen LogP contribution in [0.5, 0.6) is 5.75 Å². The molecule has 0 bridgehead atoms. The predicted molar refractivity (Wildman–Crippen MR) is 102 cm³/mol. The first-order chi connectivity index (χ1) is 13.0. The van der Waals surface area contributed by atoms with Crippen molar-refractivity contribution in [2.24, 2.45) is 0 Å². The Morgan fingerprint density at radius 2 is 1.74 bits per heavy atom. The molecule has 0 heterocycles. The van der Waals surface area contributed by atoms with E-state index >= 15 is 0 Å². The van der Waals surface area contributed by atoms with Crippen LogP contribution in [0.15, 0.2) is 54.6 Å². The molecule has 0 fully saturated rings. The third kappa shape index (κ3) is 7.90. The van der Waals surface area contributed by atoms with Crippen LogP contribution in [0.4, 0.5) is 4.39 Å². The van der Waals surface area contributed by atoms with Gasteiger partial charge in [0.2, 0.25) is 11.8 Å². The van der Waals surface area contributed by atoms with Crippen molar-refractivity contribution in [1.82, 2.24) is 10.6 Å². The van der Waals surface area contributed by atoms with E-state index < -0.39 is 0 Å². The fraction of sp³-hybridized carbons (Fsp3) is 0.333. The minimum absolute atomic E-state index is 0.114. The Kier molecular flexibility index (Phi) is 8.29. The van der Waals surface area contributed by atoms with E-state index in [0.29, 0.717) is 18.9 Å². The molecule has 27 heavy (non-hydrogen) atoms. The number of rotatable bonds is 10. The van der Waals surface area contributed by atoms with Gasteiger partial charge in [0.25, 0.3) is 0 Å². The quantitative estimate of drug-likeness (QED) is 0.629. The van der Waals surface area contributed by atoms with Crippen LogP contribution in [0.1, 0.15) is 37.8 Å². The first-order valence-electron chi connectivity index (χ1n) is 9.01. The summed E-state index contributed by atoms with van der Waals surface area (Å²) in [5, 5.41) is 5.68. The molecule has 1 atom stereocenters. The second-order valence-corrected chi connectivity index (χ2v) is 6.23. The van der Waals surface area contributed by atoms with Crippen molar-refractivity contribution in [1.29, 1.82) is 0 Å². The maximum atomic E-state index is 12.8. The average Bonchev–Trinajstić information content (AvgIpc) is 2.66. The van der Waals surface area contributed by atoms with E-state index in [2.05, 4.69) is 10.6 Å². The van der Waals surface area contributed by atoms with Crippen LogP contribution in [0, 0.1) is 5.82 Å². The van der Waals surface area contributed by atoms with Crippen LogP contribution < -0.4 is 15.4 Å². The highest BCUT2D eigenvalue weighted by Gasteiger charge is 2.16. The number of carbonyl (C=O) groups excluding carboxylic acids is 2. The topological polar surface area (TPSA) is 67.4 Å². The van der Waals surface area contributed by atoms with Crippen molar-refractivity contribution >= 4 is 11.8 Å². The lowest BCUT2D eigenvalue weighted by Gasteiger charge is -2.18. The number of hydrogen-bond acceptors (Lipinski definition) is 3. The van der Waals surface area contributed by atoms with Crippen molar-refractivity contribution < 1.29 is 18.7 Å². The van der Waals surface area contributed by atoms with Crippen LogP contribution >= 0.6 is 0 Å². The SMILES string of the molecule is CC(=O)NC(CC(=O)NCCCCOc1ccc(F)cc1)c1ccccc1. The summed E-state index contributed by atoms with van der Waals surface area (Å²) in [6.45, 7) is 2.47. The molecule has 1 unspecified atom stereocenters. The standard InChI is InChI=1S/C21H25FN2O3/c1-16(25)24-20(17-7-3-2-4-8-17)15-21(26)23-13-5-6-14-27-19-11-9-18(22)10-12-19/h2-4,7-12,20H,5-6,13-15H2,1H3,(H,23,26)(H,24,25). The van der Waals surface area contributed by atoms with Gasteiger partial charge in [-0.1, -0.05) is 30.3 Å². The second kappa shape index (κ2) is 11.0. The summed E-state index contributed by atoms with van der Waals surface area (Å²) in [4.78, 5) is 23.6. The average molecular weight is 372 g/mol. The molecule has 2 rings (SSSR count). The van der Waals surface area contributed by atoms with Crippen LogP contribution in [0.3, 0.4) is 0 Å². The Hall–Kier alpha value is -2.89. The number of unbranched alkanes of at least 4 members (excludes halogenated alkanes) is 1. The molecule has 0 aliphatic rings. The molecular formula is C21H25FN2O3. The second-order valence-electron chi connectivity index (χ2n) is 6.23. The molecule has 2 N–H and O–H groups in total. The van der Waals surface area contributed by atoms with E-state index in [1.807, 2.05) is 30.3 Å². The number of nitrogens with one attached hydrogen (secondary N) is 2. The molecule has 0 aliphatic heterocycles. The molecule has 0 aromatic heterocycles. The monoisotopic (exact) mass is 372 g/mol. The minimum Gasteiger partial charge on any atom is -0.494 e. The van der Waals surface area contributed by atoms with E-state index in [4.69, 9.17) is 4.74 Å². The lowest BCUT2D eigenvalue weighted by molar-refractivity contribution is -0.122. The zero-order valence-electron chi connectivity index (χ0n) is 15.4. The van der Waals surface area contributed by atoms with Gasteiger partial charge in [-0.05, 0) is 42.7 Å². The van der Waals surface area contributed by atoms with Gasteiger partial charge in [-0.2, -0.15) is 0 Å². The van der Waals surface area contributed by atoms with E-state index in [-0.39, 0.29) is 30.1 Å². The predicted octanol–water partition coefficient (Wildman–Crippen LogP) is 3.37. The zero-order chi connectivity index (χ0) is 19.5. The molecule has 5 nitrogen and oxygen atoms in total. The van der Waals surface area contributed by atoms with E-state index in [1.54, 1.807) is 12.1 Å². The smallest absolute Gasteiger partial charge is 0.222 e. The van der Waals surface area contributed by atoms with Gasteiger partial charge in [0.05, 0.1) is 19.1 Å². The number of ether oxygens (including phenoxy) is 1.